The summed E-state index contributed by atoms with van der Waals surface area (Å²) in [6.45, 7) is 9.11. The van der Waals surface area contributed by atoms with Crippen molar-refractivity contribution >= 4 is 45.6 Å². The molecule has 12 nitrogen and oxygen atoms in total. The highest BCUT2D eigenvalue weighted by Crippen LogP contribution is 2.39. The molecule has 1 aromatic carbocycles. The maximum Gasteiger partial charge on any atom is 0.410 e. The molecule has 0 radical (unpaired) electrons. The van der Waals surface area contributed by atoms with E-state index in [0.717, 1.165) is 24.3 Å². The Morgan fingerprint density at radius 3 is 2.65 bits per heavy atom. The third-order valence-electron chi connectivity index (χ3n) is 8.35. The molecule has 13 heteroatoms. The lowest BCUT2D eigenvalue weighted by Crippen LogP contribution is -2.57. The Hall–Kier alpha value is -5.07. The zero-order valence-corrected chi connectivity index (χ0v) is 26.5. The molecule has 1 saturated carbocycles. The lowest BCUT2D eigenvalue weighted by Gasteiger charge is -2.42. The normalized spacial score (nSPS) is 17.0. The minimum absolute atomic E-state index is 0.0465. The van der Waals surface area contributed by atoms with Crippen molar-refractivity contribution in [3.8, 4) is 11.5 Å². The van der Waals surface area contributed by atoms with Crippen molar-refractivity contribution in [3.05, 3.63) is 60.6 Å². The first kappa shape index (κ1) is 29.6. The predicted octanol–water partition coefficient (Wildman–Crippen LogP) is 6.13. The molecule has 1 aliphatic carbocycles. The maximum absolute atomic E-state index is 15.7. The van der Waals surface area contributed by atoms with Gasteiger partial charge in [-0.2, -0.15) is 0 Å². The fraction of sp³-hybridized carbons (Fsp3) is 0.394. The second-order valence-corrected chi connectivity index (χ2v) is 12.9. The fourth-order valence-electron chi connectivity index (χ4n) is 5.83. The number of carbonyl (C=O) groups excluding carboxylic acids is 1. The van der Waals surface area contributed by atoms with Crippen LogP contribution in [0.5, 0.6) is 11.5 Å². The Bertz CT molecular complexity index is 1950. The molecule has 1 atom stereocenters. The molecular formula is C33H36FN9O3. The monoisotopic (exact) mass is 625 g/mol. The van der Waals surface area contributed by atoms with Crippen LogP contribution in [0.4, 0.5) is 26.5 Å². The summed E-state index contributed by atoms with van der Waals surface area (Å²) in [7, 11) is 1.87. The number of nitrogens with zero attached hydrogens (tertiary/aromatic N) is 8. The largest absolute Gasteiger partial charge is 0.455 e. The first-order valence-corrected chi connectivity index (χ1v) is 15.4. The van der Waals surface area contributed by atoms with Gasteiger partial charge in [0.2, 0.25) is 0 Å². The minimum atomic E-state index is -0.552. The summed E-state index contributed by atoms with van der Waals surface area (Å²) in [4.78, 5) is 39.5. The van der Waals surface area contributed by atoms with E-state index in [0.29, 0.717) is 65.0 Å². The standard InChI is InChI=1S/C33H36FN9O3/c1-19-26(45-21-14-24-31(35-15-21)41(5)18-38-24)10-8-22(28(19)34)39-30-29-23(36-17-37-30)9-11-27(40-29)42-12-13-43(25(16-42)20-6-7-20)32(44)46-33(2,3)4/h8-11,14-15,17-18,20,25H,6-7,12-13,16H2,1-5H3,(H,36,37,39)/t25-/m0/s1. The first-order chi connectivity index (χ1) is 22.0. The van der Waals surface area contributed by atoms with Crippen LogP contribution in [0, 0.1) is 18.7 Å². The number of carbonyl (C=O) groups is 1. The molecule has 2 fully saturated rings. The van der Waals surface area contributed by atoms with E-state index in [-0.39, 0.29) is 17.8 Å². The Morgan fingerprint density at radius 1 is 1.04 bits per heavy atom. The summed E-state index contributed by atoms with van der Waals surface area (Å²) < 4.78 is 29.2. The molecule has 0 spiro atoms. The number of ether oxygens (including phenoxy) is 2. The van der Waals surface area contributed by atoms with E-state index >= 15 is 4.39 Å². The van der Waals surface area contributed by atoms with Crippen molar-refractivity contribution in [2.45, 2.75) is 52.2 Å². The number of rotatable bonds is 6. The molecule has 1 N–H and O–H groups in total. The van der Waals surface area contributed by atoms with Gasteiger partial charge in [-0.3, -0.25) is 0 Å². The zero-order chi connectivity index (χ0) is 32.2. The molecular weight excluding hydrogens is 589 g/mol. The molecule has 1 aliphatic heterocycles. The number of anilines is 3. The number of fused-ring (bicyclic) bond motifs is 2. The molecule has 2 aliphatic rings. The Kier molecular flexibility index (Phi) is 7.33. The van der Waals surface area contributed by atoms with E-state index in [2.05, 4.69) is 30.2 Å². The lowest BCUT2D eigenvalue weighted by molar-refractivity contribution is 0.0116. The van der Waals surface area contributed by atoms with Crippen molar-refractivity contribution in [2.24, 2.45) is 13.0 Å². The Balaban J connectivity index is 1.11. The summed E-state index contributed by atoms with van der Waals surface area (Å²) in [6, 6.07) is 8.95. The number of benzene rings is 1. The number of aryl methyl sites for hydroxylation is 1. The van der Waals surface area contributed by atoms with Crippen LogP contribution in [0.3, 0.4) is 0 Å². The van der Waals surface area contributed by atoms with Gasteiger partial charge in [-0.05, 0) is 70.7 Å². The van der Waals surface area contributed by atoms with Gasteiger partial charge in [0.15, 0.2) is 17.3 Å². The summed E-state index contributed by atoms with van der Waals surface area (Å²) in [5, 5.41) is 3.13. The number of hydrogen-bond acceptors (Lipinski definition) is 10. The number of imidazole rings is 1. The number of hydrogen-bond donors (Lipinski definition) is 1. The second kappa shape index (κ2) is 11.4. The van der Waals surface area contributed by atoms with Crippen LogP contribution < -0.4 is 15.0 Å². The summed E-state index contributed by atoms with van der Waals surface area (Å²) in [5.41, 5.74) is 2.57. The highest BCUT2D eigenvalue weighted by molar-refractivity contribution is 5.88. The van der Waals surface area contributed by atoms with E-state index in [1.807, 2.05) is 49.4 Å². The van der Waals surface area contributed by atoms with Gasteiger partial charge in [-0.1, -0.05) is 0 Å². The lowest BCUT2D eigenvalue weighted by atomic mass is 10.1. The smallest absolute Gasteiger partial charge is 0.410 e. The van der Waals surface area contributed by atoms with Gasteiger partial charge in [0, 0.05) is 38.3 Å². The molecule has 7 rings (SSSR count). The van der Waals surface area contributed by atoms with Gasteiger partial charge in [0.25, 0.3) is 0 Å². The van der Waals surface area contributed by atoms with Crippen LogP contribution in [0.2, 0.25) is 0 Å². The number of nitrogens with one attached hydrogen (secondary N) is 1. The second-order valence-electron chi connectivity index (χ2n) is 12.9. The topological polar surface area (TPSA) is 123 Å². The third kappa shape index (κ3) is 5.84. The molecule has 238 valence electrons. The average molecular weight is 626 g/mol. The molecule has 5 aromatic rings. The van der Waals surface area contributed by atoms with Crippen LogP contribution >= 0.6 is 0 Å². The molecule has 46 heavy (non-hydrogen) atoms. The van der Waals surface area contributed by atoms with Gasteiger partial charge in [-0.25, -0.2) is 34.1 Å². The van der Waals surface area contributed by atoms with Crippen LogP contribution in [-0.4, -0.2) is 71.8 Å². The number of aromatic nitrogens is 6. The summed E-state index contributed by atoms with van der Waals surface area (Å²) >= 11 is 0. The van der Waals surface area contributed by atoms with Crippen LogP contribution in [-0.2, 0) is 11.8 Å². The number of pyridine rings is 2. The van der Waals surface area contributed by atoms with E-state index in [4.69, 9.17) is 14.5 Å². The first-order valence-electron chi connectivity index (χ1n) is 15.4. The van der Waals surface area contributed by atoms with Crippen molar-refractivity contribution in [1.82, 2.24) is 34.4 Å². The number of halogens is 1. The molecule has 5 heterocycles. The summed E-state index contributed by atoms with van der Waals surface area (Å²) in [5.74, 6) is 1.93. The highest BCUT2D eigenvalue weighted by atomic mass is 19.1. The van der Waals surface area contributed by atoms with Crippen molar-refractivity contribution in [2.75, 3.05) is 29.9 Å². The quantitative estimate of drug-likeness (QED) is 0.236. The Morgan fingerprint density at radius 2 is 1.87 bits per heavy atom. The van der Waals surface area contributed by atoms with Gasteiger partial charge < -0.3 is 29.2 Å². The molecule has 1 saturated heterocycles. The van der Waals surface area contributed by atoms with Crippen molar-refractivity contribution in [3.63, 3.8) is 0 Å². The van der Waals surface area contributed by atoms with E-state index in [9.17, 15) is 4.79 Å². The van der Waals surface area contributed by atoms with Crippen LogP contribution in [0.1, 0.15) is 39.2 Å². The van der Waals surface area contributed by atoms with Crippen molar-refractivity contribution < 1.29 is 18.7 Å². The van der Waals surface area contributed by atoms with Gasteiger partial charge in [0.05, 0.1) is 29.8 Å². The molecule has 0 unspecified atom stereocenters. The zero-order valence-electron chi connectivity index (χ0n) is 26.5. The third-order valence-corrected chi connectivity index (χ3v) is 8.35. The average Bonchev–Trinajstić information content (AvgIpc) is 3.82. The fourth-order valence-corrected chi connectivity index (χ4v) is 5.83. The maximum atomic E-state index is 15.7. The highest BCUT2D eigenvalue weighted by Gasteiger charge is 2.42. The number of amides is 1. The molecule has 0 bridgehead atoms. The summed E-state index contributed by atoms with van der Waals surface area (Å²) in [6.07, 6.45) is 6.62. The van der Waals surface area contributed by atoms with Gasteiger partial charge in [0.1, 0.15) is 40.3 Å². The van der Waals surface area contributed by atoms with E-state index < -0.39 is 11.4 Å². The Labute approximate surface area is 265 Å². The van der Waals surface area contributed by atoms with Crippen LogP contribution in [0.15, 0.2) is 49.2 Å². The number of piperazine rings is 1. The predicted molar refractivity (Wildman–Crippen MR) is 172 cm³/mol. The minimum Gasteiger partial charge on any atom is -0.455 e. The van der Waals surface area contributed by atoms with Crippen LogP contribution in [0.25, 0.3) is 22.2 Å². The van der Waals surface area contributed by atoms with E-state index in [1.165, 1.54) is 6.33 Å². The molecule has 4 aromatic heterocycles. The van der Waals surface area contributed by atoms with Gasteiger partial charge in [-0.15, -0.1) is 0 Å². The van der Waals surface area contributed by atoms with E-state index in [1.54, 1.807) is 37.6 Å². The molecule has 1 amide bonds. The van der Waals surface area contributed by atoms with Gasteiger partial charge >= 0.3 is 6.09 Å². The SMILES string of the molecule is Cc1c(Oc2cnc3c(c2)ncn3C)ccc(Nc2ncnc3ccc(N4CCN(C(=O)OC(C)(C)C)[C@H](C5CC5)C4)nc23)c1F. The van der Waals surface area contributed by atoms with Crippen molar-refractivity contribution in [1.29, 1.82) is 0 Å².